The molecule has 0 radical (unpaired) electrons. The molecule has 17 heavy (non-hydrogen) atoms. The predicted octanol–water partition coefficient (Wildman–Crippen LogP) is 1.96. The molecular formula is C14H20N2O. The number of anilines is 1. The Kier molecular flexibility index (Phi) is 3.20. The molecule has 0 bridgehead atoms. The molecule has 1 amide bonds. The van der Waals surface area contributed by atoms with Crippen molar-refractivity contribution in [2.45, 2.75) is 32.7 Å². The van der Waals surface area contributed by atoms with Crippen molar-refractivity contribution in [1.29, 1.82) is 0 Å². The predicted molar refractivity (Wildman–Crippen MR) is 70.3 cm³/mol. The second-order valence-corrected chi connectivity index (χ2v) is 4.99. The third-order valence-corrected chi connectivity index (χ3v) is 3.29. The van der Waals surface area contributed by atoms with Crippen LogP contribution >= 0.6 is 0 Å². The Labute approximate surface area is 103 Å². The summed E-state index contributed by atoms with van der Waals surface area (Å²) in [7, 11) is 0. The molecule has 0 saturated heterocycles. The highest BCUT2D eigenvalue weighted by atomic mass is 16.2. The molecule has 92 valence electrons. The van der Waals surface area contributed by atoms with E-state index >= 15 is 0 Å². The second-order valence-electron chi connectivity index (χ2n) is 4.99. The van der Waals surface area contributed by atoms with Gasteiger partial charge in [0, 0.05) is 12.2 Å². The third-order valence-electron chi connectivity index (χ3n) is 3.29. The fraction of sp³-hybridized carbons (Fsp3) is 0.500. The summed E-state index contributed by atoms with van der Waals surface area (Å²) < 4.78 is 0. The van der Waals surface area contributed by atoms with Gasteiger partial charge in [0.1, 0.15) is 0 Å². The lowest BCUT2D eigenvalue weighted by atomic mass is 10.0. The maximum Gasteiger partial charge on any atom is 0.246 e. The van der Waals surface area contributed by atoms with Crippen LogP contribution in [0.5, 0.6) is 0 Å². The van der Waals surface area contributed by atoms with Gasteiger partial charge in [-0.3, -0.25) is 4.79 Å². The Morgan fingerprint density at radius 3 is 2.82 bits per heavy atom. The summed E-state index contributed by atoms with van der Waals surface area (Å²) in [4.78, 5) is 14.4. The number of hydrogen-bond acceptors (Lipinski definition) is 2. The standard InChI is InChI=1S/C14H20N2O/c1-4-15-14(2,3)13(17)16-10-9-11-7-5-6-8-12(11)16/h5-8,15H,4,9-10H2,1-3H3. The number of rotatable bonds is 3. The van der Waals surface area contributed by atoms with E-state index in [-0.39, 0.29) is 5.91 Å². The van der Waals surface area contributed by atoms with Crippen molar-refractivity contribution in [3.05, 3.63) is 29.8 Å². The number of hydrogen-bond donors (Lipinski definition) is 1. The van der Waals surface area contributed by atoms with Crippen LogP contribution in [0.4, 0.5) is 5.69 Å². The molecule has 3 heteroatoms. The van der Waals surface area contributed by atoms with Crippen molar-refractivity contribution >= 4 is 11.6 Å². The van der Waals surface area contributed by atoms with Crippen LogP contribution in [0.15, 0.2) is 24.3 Å². The Morgan fingerprint density at radius 1 is 1.41 bits per heavy atom. The van der Waals surface area contributed by atoms with E-state index in [4.69, 9.17) is 0 Å². The van der Waals surface area contributed by atoms with E-state index < -0.39 is 5.54 Å². The summed E-state index contributed by atoms with van der Waals surface area (Å²) in [6.45, 7) is 7.51. The van der Waals surface area contributed by atoms with Crippen molar-refractivity contribution in [2.75, 3.05) is 18.0 Å². The first kappa shape index (κ1) is 12.1. The zero-order valence-electron chi connectivity index (χ0n) is 10.8. The monoisotopic (exact) mass is 232 g/mol. The van der Waals surface area contributed by atoms with Crippen LogP contribution in [0.2, 0.25) is 0 Å². The number of amides is 1. The molecule has 2 rings (SSSR count). The van der Waals surface area contributed by atoms with Crippen LogP contribution in [0.1, 0.15) is 26.3 Å². The van der Waals surface area contributed by atoms with E-state index in [2.05, 4.69) is 11.4 Å². The van der Waals surface area contributed by atoms with Crippen molar-refractivity contribution in [3.63, 3.8) is 0 Å². The van der Waals surface area contributed by atoms with Crippen molar-refractivity contribution in [1.82, 2.24) is 5.32 Å². The molecule has 1 heterocycles. The molecular weight excluding hydrogens is 212 g/mol. The first-order valence-corrected chi connectivity index (χ1v) is 6.21. The molecule has 0 atom stereocenters. The summed E-state index contributed by atoms with van der Waals surface area (Å²) in [6, 6.07) is 8.15. The van der Waals surface area contributed by atoms with E-state index in [0.29, 0.717) is 0 Å². The molecule has 1 aliphatic rings. The second kappa shape index (κ2) is 4.49. The number of nitrogens with one attached hydrogen (secondary N) is 1. The highest BCUT2D eigenvalue weighted by Gasteiger charge is 2.34. The molecule has 3 nitrogen and oxygen atoms in total. The number of carbonyl (C=O) groups is 1. The lowest BCUT2D eigenvalue weighted by Crippen LogP contribution is -2.53. The molecule has 0 saturated carbocycles. The zero-order valence-corrected chi connectivity index (χ0v) is 10.8. The molecule has 0 fully saturated rings. The van der Waals surface area contributed by atoms with E-state index in [9.17, 15) is 4.79 Å². The topological polar surface area (TPSA) is 32.3 Å². The third kappa shape index (κ3) is 2.20. The minimum atomic E-state index is -0.494. The first-order chi connectivity index (χ1) is 8.06. The maximum atomic E-state index is 12.5. The van der Waals surface area contributed by atoms with Gasteiger partial charge in [-0.1, -0.05) is 25.1 Å². The highest BCUT2D eigenvalue weighted by Crippen LogP contribution is 2.29. The molecule has 0 spiro atoms. The van der Waals surface area contributed by atoms with Crippen LogP contribution in [0.3, 0.4) is 0 Å². The zero-order chi connectivity index (χ0) is 12.5. The van der Waals surface area contributed by atoms with Gasteiger partial charge >= 0.3 is 0 Å². The molecule has 0 aliphatic carbocycles. The van der Waals surface area contributed by atoms with Gasteiger partial charge in [-0.15, -0.1) is 0 Å². The number of nitrogens with zero attached hydrogens (tertiary/aromatic N) is 1. The SMILES string of the molecule is CCNC(C)(C)C(=O)N1CCc2ccccc21. The van der Waals surface area contributed by atoms with Gasteiger partial charge in [-0.2, -0.15) is 0 Å². The normalized spacial score (nSPS) is 14.9. The van der Waals surface area contributed by atoms with Gasteiger partial charge in [0.2, 0.25) is 5.91 Å². The van der Waals surface area contributed by atoms with Crippen LogP contribution in [0.25, 0.3) is 0 Å². The highest BCUT2D eigenvalue weighted by molar-refractivity contribution is 6.01. The molecule has 1 aliphatic heterocycles. The summed E-state index contributed by atoms with van der Waals surface area (Å²) in [5.74, 6) is 0.157. The van der Waals surface area contributed by atoms with Crippen molar-refractivity contribution in [2.24, 2.45) is 0 Å². The minimum absolute atomic E-state index is 0.157. The molecule has 1 N–H and O–H groups in total. The van der Waals surface area contributed by atoms with Crippen molar-refractivity contribution in [3.8, 4) is 0 Å². The van der Waals surface area contributed by atoms with Gasteiger partial charge in [0.05, 0.1) is 5.54 Å². The number of para-hydroxylation sites is 1. The van der Waals surface area contributed by atoms with Gasteiger partial charge in [-0.25, -0.2) is 0 Å². The fourth-order valence-corrected chi connectivity index (χ4v) is 2.40. The van der Waals surface area contributed by atoms with Crippen LogP contribution in [0, 0.1) is 0 Å². The van der Waals surface area contributed by atoms with Crippen molar-refractivity contribution < 1.29 is 4.79 Å². The van der Waals surface area contributed by atoms with Gasteiger partial charge < -0.3 is 10.2 Å². The van der Waals surface area contributed by atoms with Gasteiger partial charge in [0.15, 0.2) is 0 Å². The van der Waals surface area contributed by atoms with Gasteiger partial charge in [0.25, 0.3) is 0 Å². The van der Waals surface area contributed by atoms with E-state index in [1.807, 2.05) is 43.9 Å². The van der Waals surface area contributed by atoms with E-state index in [0.717, 1.165) is 25.2 Å². The molecule has 0 aromatic heterocycles. The Bertz CT molecular complexity index is 426. The molecule has 1 aromatic rings. The Hall–Kier alpha value is -1.35. The number of benzene rings is 1. The lowest BCUT2D eigenvalue weighted by molar-refractivity contribution is -0.123. The van der Waals surface area contributed by atoms with Crippen LogP contribution < -0.4 is 10.2 Å². The molecule has 0 unspecified atom stereocenters. The van der Waals surface area contributed by atoms with Crippen LogP contribution in [-0.4, -0.2) is 24.5 Å². The maximum absolute atomic E-state index is 12.5. The van der Waals surface area contributed by atoms with E-state index in [1.54, 1.807) is 0 Å². The summed E-state index contributed by atoms with van der Waals surface area (Å²) in [5, 5.41) is 3.24. The largest absolute Gasteiger partial charge is 0.310 e. The van der Waals surface area contributed by atoms with E-state index in [1.165, 1.54) is 5.56 Å². The summed E-state index contributed by atoms with van der Waals surface area (Å²) in [6.07, 6.45) is 0.962. The quantitative estimate of drug-likeness (QED) is 0.864. The smallest absolute Gasteiger partial charge is 0.246 e. The Balaban J connectivity index is 2.23. The average Bonchev–Trinajstić information content (AvgIpc) is 2.71. The minimum Gasteiger partial charge on any atom is -0.310 e. The number of fused-ring (bicyclic) bond motifs is 1. The first-order valence-electron chi connectivity index (χ1n) is 6.21. The summed E-state index contributed by atoms with van der Waals surface area (Å²) in [5.41, 5.74) is 1.85. The summed E-state index contributed by atoms with van der Waals surface area (Å²) >= 11 is 0. The lowest BCUT2D eigenvalue weighted by Gasteiger charge is -2.30. The fourth-order valence-electron chi connectivity index (χ4n) is 2.40. The number of carbonyl (C=O) groups excluding carboxylic acids is 1. The van der Waals surface area contributed by atoms with Crippen LogP contribution in [-0.2, 0) is 11.2 Å². The molecule has 1 aromatic carbocycles. The van der Waals surface area contributed by atoms with Gasteiger partial charge in [-0.05, 0) is 38.4 Å². The Morgan fingerprint density at radius 2 is 2.12 bits per heavy atom. The average molecular weight is 232 g/mol. The number of likely N-dealkylation sites (N-methyl/N-ethyl adjacent to an activating group) is 1.